The van der Waals surface area contributed by atoms with Gasteiger partial charge in [0.2, 0.25) is 0 Å². The summed E-state index contributed by atoms with van der Waals surface area (Å²) in [5.74, 6) is -0.491. The molecule has 0 saturated heterocycles. The zero-order chi connectivity index (χ0) is 16.0. The number of hydrogen-bond donors (Lipinski definition) is 0. The van der Waals surface area contributed by atoms with Crippen molar-refractivity contribution < 1.29 is 14.3 Å². The number of rotatable bonds is 12. The second kappa shape index (κ2) is 12.2. The van der Waals surface area contributed by atoms with Crippen LogP contribution in [0.3, 0.4) is 0 Å². The first-order chi connectivity index (χ1) is 10.8. The Morgan fingerprint density at radius 1 is 1.00 bits per heavy atom. The lowest BCUT2D eigenvalue weighted by Crippen LogP contribution is -2.21. The van der Waals surface area contributed by atoms with Crippen LogP contribution < -0.4 is 0 Å². The zero-order valence-electron chi connectivity index (χ0n) is 14.1. The van der Waals surface area contributed by atoms with Gasteiger partial charge >= 0.3 is 5.97 Å². The number of esters is 1. The Labute approximate surface area is 135 Å². The summed E-state index contributed by atoms with van der Waals surface area (Å²) in [4.78, 5) is 12.3. The summed E-state index contributed by atoms with van der Waals surface area (Å²) in [7, 11) is 0. The van der Waals surface area contributed by atoms with Crippen molar-refractivity contribution in [1.82, 2.24) is 0 Å². The maximum Gasteiger partial charge on any atom is 0.315 e. The van der Waals surface area contributed by atoms with Crippen LogP contribution in [-0.2, 0) is 14.3 Å². The molecule has 0 spiro atoms. The number of ether oxygens (including phenoxy) is 2. The van der Waals surface area contributed by atoms with Crippen LogP contribution in [0.4, 0.5) is 0 Å². The lowest BCUT2D eigenvalue weighted by molar-refractivity contribution is -0.147. The van der Waals surface area contributed by atoms with Crippen LogP contribution in [0.1, 0.15) is 63.9 Å². The van der Waals surface area contributed by atoms with Crippen LogP contribution in [0.5, 0.6) is 0 Å². The van der Waals surface area contributed by atoms with E-state index in [1.54, 1.807) is 0 Å². The van der Waals surface area contributed by atoms with Crippen LogP contribution in [0.25, 0.3) is 0 Å². The predicted octanol–water partition coefficient (Wildman–Crippen LogP) is 4.71. The van der Waals surface area contributed by atoms with Crippen molar-refractivity contribution in [1.29, 1.82) is 0 Å². The summed E-state index contributed by atoms with van der Waals surface area (Å²) in [6.07, 6.45) is 7.14. The Kier molecular flexibility index (Phi) is 10.4. The van der Waals surface area contributed by atoms with Gasteiger partial charge in [-0.15, -0.1) is 0 Å². The highest BCUT2D eigenvalue weighted by Crippen LogP contribution is 2.18. The van der Waals surface area contributed by atoms with E-state index in [0.29, 0.717) is 19.8 Å². The SMILES string of the molecule is CCCCCCCCOC(=O)C(COCC)c1ccccc1. The van der Waals surface area contributed by atoms with Crippen LogP contribution in [0.15, 0.2) is 30.3 Å². The maximum atomic E-state index is 12.3. The second-order valence-electron chi connectivity index (χ2n) is 5.56. The molecule has 0 aliphatic rings. The first-order valence-corrected chi connectivity index (χ1v) is 8.58. The number of carbonyl (C=O) groups is 1. The van der Waals surface area contributed by atoms with Crippen LogP contribution in [-0.4, -0.2) is 25.8 Å². The van der Waals surface area contributed by atoms with Crippen molar-refractivity contribution in [2.75, 3.05) is 19.8 Å². The number of carbonyl (C=O) groups excluding carboxylic acids is 1. The van der Waals surface area contributed by atoms with Gasteiger partial charge in [-0.2, -0.15) is 0 Å². The molecule has 1 atom stereocenters. The van der Waals surface area contributed by atoms with E-state index in [9.17, 15) is 4.79 Å². The molecule has 0 N–H and O–H groups in total. The van der Waals surface area contributed by atoms with Gasteiger partial charge in [-0.1, -0.05) is 69.4 Å². The largest absolute Gasteiger partial charge is 0.465 e. The van der Waals surface area contributed by atoms with Gasteiger partial charge in [0.25, 0.3) is 0 Å². The summed E-state index contributed by atoms with van der Waals surface area (Å²) in [5.41, 5.74) is 0.962. The molecule has 22 heavy (non-hydrogen) atoms. The van der Waals surface area contributed by atoms with Crippen LogP contribution >= 0.6 is 0 Å². The molecule has 0 heterocycles. The van der Waals surface area contributed by atoms with Crippen LogP contribution in [0.2, 0.25) is 0 Å². The fourth-order valence-electron chi connectivity index (χ4n) is 2.38. The Morgan fingerprint density at radius 2 is 1.68 bits per heavy atom. The molecule has 0 fully saturated rings. The molecule has 1 aromatic carbocycles. The summed E-state index contributed by atoms with van der Waals surface area (Å²) in [6, 6.07) is 9.73. The minimum Gasteiger partial charge on any atom is -0.465 e. The number of benzene rings is 1. The van der Waals surface area contributed by atoms with Crippen molar-refractivity contribution in [3.8, 4) is 0 Å². The van der Waals surface area contributed by atoms with Crippen molar-refractivity contribution >= 4 is 5.97 Å². The first-order valence-electron chi connectivity index (χ1n) is 8.58. The third-order valence-corrected chi connectivity index (χ3v) is 3.72. The molecule has 0 aliphatic heterocycles. The zero-order valence-corrected chi connectivity index (χ0v) is 14.1. The lowest BCUT2D eigenvalue weighted by atomic mass is 10.0. The summed E-state index contributed by atoms with van der Waals surface area (Å²) in [5, 5.41) is 0. The van der Waals surface area contributed by atoms with Crippen molar-refractivity contribution in [2.45, 2.75) is 58.3 Å². The standard InChI is InChI=1S/C19H30O3/c1-3-5-6-7-8-12-15-22-19(20)18(16-21-4-2)17-13-10-9-11-14-17/h9-11,13-14,18H,3-8,12,15-16H2,1-2H3. The Hall–Kier alpha value is -1.35. The summed E-state index contributed by atoms with van der Waals surface area (Å²) in [6.45, 7) is 5.65. The fraction of sp³-hybridized carbons (Fsp3) is 0.632. The molecule has 0 aromatic heterocycles. The molecule has 0 amide bonds. The van der Waals surface area contributed by atoms with Gasteiger partial charge in [0, 0.05) is 6.61 Å². The molecule has 124 valence electrons. The highest BCUT2D eigenvalue weighted by atomic mass is 16.5. The molecular weight excluding hydrogens is 276 g/mol. The summed E-state index contributed by atoms with van der Waals surface area (Å²) >= 11 is 0. The molecule has 0 saturated carbocycles. The van der Waals surface area contributed by atoms with E-state index in [4.69, 9.17) is 9.47 Å². The molecule has 3 nitrogen and oxygen atoms in total. The Balaban J connectivity index is 2.34. The quantitative estimate of drug-likeness (QED) is 0.414. The molecule has 0 bridgehead atoms. The molecule has 0 radical (unpaired) electrons. The third-order valence-electron chi connectivity index (χ3n) is 3.72. The monoisotopic (exact) mass is 306 g/mol. The average Bonchev–Trinajstić information content (AvgIpc) is 2.55. The fourth-order valence-corrected chi connectivity index (χ4v) is 2.38. The minimum absolute atomic E-state index is 0.173. The van der Waals surface area contributed by atoms with E-state index in [2.05, 4.69) is 6.92 Å². The summed E-state index contributed by atoms with van der Waals surface area (Å²) < 4.78 is 10.9. The lowest BCUT2D eigenvalue weighted by Gasteiger charge is -2.16. The van der Waals surface area contributed by atoms with Crippen molar-refractivity contribution in [3.05, 3.63) is 35.9 Å². The average molecular weight is 306 g/mol. The van der Waals surface area contributed by atoms with E-state index in [-0.39, 0.29) is 11.9 Å². The second-order valence-corrected chi connectivity index (χ2v) is 5.56. The third kappa shape index (κ3) is 7.60. The van der Waals surface area contributed by atoms with E-state index in [1.165, 1.54) is 25.7 Å². The van der Waals surface area contributed by atoms with Crippen molar-refractivity contribution in [3.63, 3.8) is 0 Å². The molecule has 1 aromatic rings. The smallest absolute Gasteiger partial charge is 0.315 e. The van der Waals surface area contributed by atoms with Gasteiger partial charge in [0.05, 0.1) is 13.2 Å². The van der Waals surface area contributed by atoms with E-state index in [0.717, 1.165) is 18.4 Å². The predicted molar refractivity (Wildman–Crippen MR) is 90.0 cm³/mol. The first kappa shape index (κ1) is 18.7. The van der Waals surface area contributed by atoms with Gasteiger partial charge in [-0.25, -0.2) is 0 Å². The Morgan fingerprint density at radius 3 is 2.36 bits per heavy atom. The normalized spacial score (nSPS) is 12.1. The molecule has 3 heteroatoms. The van der Waals surface area contributed by atoms with E-state index >= 15 is 0 Å². The van der Waals surface area contributed by atoms with Crippen molar-refractivity contribution in [2.24, 2.45) is 0 Å². The van der Waals surface area contributed by atoms with Gasteiger partial charge in [0.1, 0.15) is 5.92 Å². The van der Waals surface area contributed by atoms with Gasteiger partial charge in [-0.05, 0) is 18.9 Å². The topological polar surface area (TPSA) is 35.5 Å². The maximum absolute atomic E-state index is 12.3. The van der Waals surface area contributed by atoms with Gasteiger partial charge in [0.15, 0.2) is 0 Å². The molecule has 1 unspecified atom stereocenters. The highest BCUT2D eigenvalue weighted by molar-refractivity contribution is 5.78. The van der Waals surface area contributed by atoms with Crippen LogP contribution in [0, 0.1) is 0 Å². The Bertz CT molecular complexity index is 389. The number of unbranched alkanes of at least 4 members (excludes halogenated alkanes) is 5. The highest BCUT2D eigenvalue weighted by Gasteiger charge is 2.22. The molecule has 1 rings (SSSR count). The van der Waals surface area contributed by atoms with Gasteiger partial charge in [-0.3, -0.25) is 4.79 Å². The van der Waals surface area contributed by atoms with Gasteiger partial charge < -0.3 is 9.47 Å². The minimum atomic E-state index is -0.318. The molecular formula is C19H30O3. The number of hydrogen-bond acceptors (Lipinski definition) is 3. The van der Waals surface area contributed by atoms with E-state index < -0.39 is 0 Å². The van der Waals surface area contributed by atoms with E-state index in [1.807, 2.05) is 37.3 Å². The molecule has 0 aliphatic carbocycles.